The smallest absolute Gasteiger partial charge is 0.272 e. The van der Waals surface area contributed by atoms with Crippen molar-refractivity contribution in [2.24, 2.45) is 5.92 Å². The molecular weight excluding hydrogens is 442 g/mol. The van der Waals surface area contributed by atoms with Crippen molar-refractivity contribution in [1.82, 2.24) is 9.55 Å². The topological polar surface area (TPSA) is 73.2 Å². The summed E-state index contributed by atoms with van der Waals surface area (Å²) in [5, 5.41) is 5.85. The van der Waals surface area contributed by atoms with Crippen molar-refractivity contribution in [2.45, 2.75) is 38.9 Å². The minimum Gasteiger partial charge on any atom is -0.495 e. The molecule has 1 N–H and O–H groups in total. The monoisotopic (exact) mass is 465 g/mol. The zero-order valence-corrected chi connectivity index (χ0v) is 19.7. The highest BCUT2D eigenvalue weighted by atomic mass is 35.5. The number of hydrogen-bond donors (Lipinski definition) is 1. The van der Waals surface area contributed by atoms with Crippen LogP contribution >= 0.6 is 34.7 Å². The Hall–Kier alpha value is -2.03. The summed E-state index contributed by atoms with van der Waals surface area (Å²) in [5.74, 6) is 0.859. The Bertz CT molecular complexity index is 1120. The Kier molecular flexibility index (Phi) is 7.44. The van der Waals surface area contributed by atoms with Gasteiger partial charge in [0, 0.05) is 17.6 Å². The van der Waals surface area contributed by atoms with Crippen molar-refractivity contribution in [1.29, 1.82) is 0 Å². The number of benzene rings is 1. The van der Waals surface area contributed by atoms with E-state index in [2.05, 4.69) is 24.1 Å². The summed E-state index contributed by atoms with van der Waals surface area (Å²) in [7, 11) is 1.53. The second-order valence-corrected chi connectivity index (χ2v) is 9.57. The Morgan fingerprint density at radius 2 is 2.17 bits per heavy atom. The molecular formula is C21H24ClN3O3S2. The van der Waals surface area contributed by atoms with E-state index in [9.17, 15) is 9.59 Å². The number of thioether (sulfide) groups is 1. The van der Waals surface area contributed by atoms with Gasteiger partial charge in [-0.3, -0.25) is 14.2 Å². The van der Waals surface area contributed by atoms with Crippen molar-refractivity contribution in [3.8, 4) is 5.75 Å². The van der Waals surface area contributed by atoms with E-state index in [1.165, 1.54) is 30.2 Å². The molecule has 9 heteroatoms. The van der Waals surface area contributed by atoms with Gasteiger partial charge < -0.3 is 10.1 Å². The van der Waals surface area contributed by atoms with Crippen molar-refractivity contribution in [3.63, 3.8) is 0 Å². The molecule has 0 bridgehead atoms. The van der Waals surface area contributed by atoms with E-state index >= 15 is 0 Å². The summed E-state index contributed by atoms with van der Waals surface area (Å²) in [5.41, 5.74) is 2.02. The maximum atomic E-state index is 12.9. The van der Waals surface area contributed by atoms with Gasteiger partial charge in [-0.05, 0) is 42.3 Å². The highest BCUT2D eigenvalue weighted by molar-refractivity contribution is 7.99. The van der Waals surface area contributed by atoms with Crippen LogP contribution in [0.1, 0.15) is 25.8 Å². The molecule has 0 radical (unpaired) electrons. The predicted octanol–water partition coefficient (Wildman–Crippen LogP) is 5.21. The predicted molar refractivity (Wildman–Crippen MR) is 125 cm³/mol. The van der Waals surface area contributed by atoms with Gasteiger partial charge in [-0.2, -0.15) is 0 Å². The number of methoxy groups -OCH3 is 1. The molecule has 0 spiro atoms. The van der Waals surface area contributed by atoms with Crippen LogP contribution in [0.2, 0.25) is 5.02 Å². The number of carbonyl (C=O) groups is 1. The molecule has 2 aromatic heterocycles. The number of aromatic nitrogens is 2. The molecule has 0 atom stereocenters. The van der Waals surface area contributed by atoms with Gasteiger partial charge in [0.1, 0.15) is 10.4 Å². The Balaban J connectivity index is 1.79. The van der Waals surface area contributed by atoms with Crippen molar-refractivity contribution < 1.29 is 9.53 Å². The average molecular weight is 466 g/mol. The first-order valence-electron chi connectivity index (χ1n) is 9.55. The number of fused-ring (bicyclic) bond motifs is 1. The maximum Gasteiger partial charge on any atom is 0.272 e. The van der Waals surface area contributed by atoms with E-state index in [4.69, 9.17) is 16.3 Å². The molecule has 1 aromatic carbocycles. The van der Waals surface area contributed by atoms with Gasteiger partial charge in [-0.25, -0.2) is 4.98 Å². The highest BCUT2D eigenvalue weighted by Gasteiger charge is 2.16. The lowest BCUT2D eigenvalue weighted by Gasteiger charge is -2.14. The third-order valence-electron chi connectivity index (χ3n) is 4.55. The average Bonchev–Trinajstić information content (AvgIpc) is 3.17. The molecule has 0 aliphatic rings. The van der Waals surface area contributed by atoms with E-state index in [1.807, 2.05) is 18.4 Å². The van der Waals surface area contributed by atoms with Crippen molar-refractivity contribution in [3.05, 3.63) is 44.5 Å². The number of halogens is 1. The minimum absolute atomic E-state index is 0.0476. The van der Waals surface area contributed by atoms with E-state index < -0.39 is 0 Å². The number of carbonyl (C=O) groups excluding carboxylic acids is 1. The third-order valence-corrected chi connectivity index (χ3v) is 6.82. The normalized spacial score (nSPS) is 11.3. The summed E-state index contributed by atoms with van der Waals surface area (Å²) < 4.78 is 7.64. The number of anilines is 1. The number of thiophene rings is 1. The molecule has 3 aromatic rings. The van der Waals surface area contributed by atoms with Gasteiger partial charge in [0.25, 0.3) is 5.56 Å². The quantitative estimate of drug-likeness (QED) is 0.365. The summed E-state index contributed by atoms with van der Waals surface area (Å²) in [6.45, 7) is 6.67. The zero-order valence-electron chi connectivity index (χ0n) is 17.3. The largest absolute Gasteiger partial charge is 0.495 e. The molecule has 30 heavy (non-hydrogen) atoms. The molecule has 3 rings (SSSR count). The Morgan fingerprint density at radius 1 is 1.40 bits per heavy atom. The summed E-state index contributed by atoms with van der Waals surface area (Å²) >= 11 is 8.78. The van der Waals surface area contributed by atoms with Crippen molar-refractivity contribution >= 4 is 56.5 Å². The highest BCUT2D eigenvalue weighted by Crippen LogP contribution is 2.31. The molecule has 0 unspecified atom stereocenters. The van der Waals surface area contributed by atoms with Crippen LogP contribution in [0.15, 0.2) is 33.5 Å². The van der Waals surface area contributed by atoms with Gasteiger partial charge in [0.05, 0.1) is 24.1 Å². The van der Waals surface area contributed by atoms with Gasteiger partial charge in [-0.15, -0.1) is 11.3 Å². The third kappa shape index (κ3) is 5.17. The van der Waals surface area contributed by atoms with Crippen LogP contribution in [0.4, 0.5) is 5.69 Å². The van der Waals surface area contributed by atoms with Crippen LogP contribution in [0.25, 0.3) is 10.2 Å². The molecule has 0 saturated carbocycles. The fourth-order valence-corrected chi connectivity index (χ4v) is 4.62. The number of hydrogen-bond acceptors (Lipinski definition) is 6. The van der Waals surface area contributed by atoms with E-state index in [-0.39, 0.29) is 17.2 Å². The lowest BCUT2D eigenvalue weighted by Crippen LogP contribution is -2.24. The maximum absolute atomic E-state index is 12.9. The zero-order chi connectivity index (χ0) is 21.8. The standard InChI is InChI=1S/C21H24ClN3O3S2/c1-12(2)5-7-25-20(27)19-15(6-8-29-19)24-21(25)30-11-18(26)23-16-9-13(3)14(22)10-17(16)28-4/h6,8-10,12H,5,7,11H2,1-4H3,(H,23,26). The summed E-state index contributed by atoms with van der Waals surface area (Å²) in [6, 6.07) is 5.28. The second kappa shape index (κ2) is 9.85. The lowest BCUT2D eigenvalue weighted by atomic mass is 10.1. The SMILES string of the molecule is COc1cc(Cl)c(C)cc1NC(=O)CSc1nc2ccsc2c(=O)n1CCC(C)C. The van der Waals surface area contributed by atoms with Gasteiger partial charge in [0.15, 0.2) is 5.16 Å². The number of amides is 1. The Labute approximate surface area is 188 Å². The van der Waals surface area contributed by atoms with E-state index in [0.29, 0.717) is 44.3 Å². The summed E-state index contributed by atoms with van der Waals surface area (Å²) in [6.07, 6.45) is 0.861. The molecule has 0 aliphatic heterocycles. The van der Waals surface area contributed by atoms with Gasteiger partial charge >= 0.3 is 0 Å². The number of rotatable bonds is 8. The second-order valence-electron chi connectivity index (χ2n) is 7.31. The summed E-state index contributed by atoms with van der Waals surface area (Å²) in [4.78, 5) is 30.1. The first-order valence-corrected chi connectivity index (χ1v) is 11.8. The minimum atomic E-state index is -0.213. The number of aryl methyl sites for hydroxylation is 1. The number of nitrogens with one attached hydrogen (secondary N) is 1. The molecule has 1 amide bonds. The Morgan fingerprint density at radius 3 is 2.87 bits per heavy atom. The molecule has 0 aliphatic carbocycles. The number of ether oxygens (including phenoxy) is 1. The van der Waals surface area contributed by atoms with Crippen LogP contribution in [-0.2, 0) is 11.3 Å². The molecule has 0 saturated heterocycles. The van der Waals surface area contributed by atoms with Gasteiger partial charge in [0.2, 0.25) is 5.91 Å². The van der Waals surface area contributed by atoms with Crippen LogP contribution in [0.5, 0.6) is 5.75 Å². The van der Waals surface area contributed by atoms with Crippen LogP contribution in [0.3, 0.4) is 0 Å². The number of nitrogens with zero attached hydrogens (tertiary/aromatic N) is 2. The van der Waals surface area contributed by atoms with E-state index in [0.717, 1.165) is 12.0 Å². The van der Waals surface area contributed by atoms with Crippen molar-refractivity contribution in [2.75, 3.05) is 18.2 Å². The fraction of sp³-hybridized carbons (Fsp3) is 0.381. The molecule has 160 valence electrons. The molecule has 0 fully saturated rings. The van der Waals surface area contributed by atoms with Gasteiger partial charge in [-0.1, -0.05) is 37.2 Å². The van der Waals surface area contributed by atoms with E-state index in [1.54, 1.807) is 16.7 Å². The van der Waals surface area contributed by atoms with Crippen LogP contribution in [0, 0.1) is 12.8 Å². The molecule has 6 nitrogen and oxygen atoms in total. The van der Waals surface area contributed by atoms with Crippen LogP contribution in [-0.4, -0.2) is 28.3 Å². The fourth-order valence-electron chi connectivity index (χ4n) is 2.86. The first-order chi connectivity index (χ1) is 14.3. The van der Waals surface area contributed by atoms with Crippen LogP contribution < -0.4 is 15.6 Å². The molecule has 2 heterocycles. The lowest BCUT2D eigenvalue weighted by molar-refractivity contribution is -0.113. The first kappa shape index (κ1) is 22.7.